The number of hydrogen-bond acceptors (Lipinski definition) is 4. The molecule has 0 fully saturated rings. The topological polar surface area (TPSA) is 63.6 Å². The molecule has 0 aliphatic carbocycles. The zero-order chi connectivity index (χ0) is 12.8. The fourth-order valence-corrected chi connectivity index (χ4v) is 1.84. The Labute approximate surface area is 103 Å². The van der Waals surface area contributed by atoms with E-state index in [2.05, 4.69) is 4.74 Å². The van der Waals surface area contributed by atoms with Crippen molar-refractivity contribution in [2.24, 2.45) is 0 Å². The van der Waals surface area contributed by atoms with Crippen molar-refractivity contribution in [2.45, 2.75) is 4.90 Å². The molecule has 0 heterocycles. The van der Waals surface area contributed by atoms with Gasteiger partial charge in [0.1, 0.15) is 5.57 Å². The van der Waals surface area contributed by atoms with Gasteiger partial charge in [-0.25, -0.2) is 9.59 Å². The normalized spacial score (nSPS) is 11.1. The summed E-state index contributed by atoms with van der Waals surface area (Å²) >= 11 is 1.48. The Morgan fingerprint density at radius 3 is 2.53 bits per heavy atom. The number of carbonyl (C=O) groups is 2. The summed E-state index contributed by atoms with van der Waals surface area (Å²) in [6, 6.07) is 7.23. The Bertz CT molecular complexity index is 465. The summed E-state index contributed by atoms with van der Waals surface area (Å²) in [6.07, 6.45) is 3.20. The molecule has 0 bridgehead atoms. The Balaban J connectivity index is 3.22. The number of methoxy groups -OCH3 is 1. The number of rotatable bonds is 4. The highest BCUT2D eigenvalue weighted by molar-refractivity contribution is 7.98. The highest BCUT2D eigenvalue weighted by Gasteiger charge is 2.18. The molecule has 1 aromatic rings. The molecule has 0 spiro atoms. The number of esters is 1. The number of benzene rings is 1. The molecule has 0 aliphatic heterocycles. The Hall–Kier alpha value is -1.75. The standard InChI is InChI=1S/C12H12O4S/c1-16-12(15)9(11(13)14)7-8-5-3-4-6-10(8)17-2/h3-7H,1-2H3,(H,13,14)/b9-7-. The zero-order valence-corrected chi connectivity index (χ0v) is 10.3. The van der Waals surface area contributed by atoms with Crippen molar-refractivity contribution in [1.29, 1.82) is 0 Å². The third-order valence-corrected chi connectivity index (χ3v) is 2.89. The molecule has 0 radical (unpaired) electrons. The number of thioether (sulfide) groups is 1. The van der Waals surface area contributed by atoms with Crippen molar-refractivity contribution in [3.63, 3.8) is 0 Å². The molecule has 0 aromatic heterocycles. The van der Waals surface area contributed by atoms with Crippen LogP contribution in [0.2, 0.25) is 0 Å². The van der Waals surface area contributed by atoms with E-state index in [9.17, 15) is 9.59 Å². The predicted molar refractivity (Wildman–Crippen MR) is 65.9 cm³/mol. The van der Waals surface area contributed by atoms with Gasteiger partial charge in [0, 0.05) is 4.90 Å². The minimum atomic E-state index is -1.30. The van der Waals surface area contributed by atoms with Crippen LogP contribution in [0.3, 0.4) is 0 Å². The van der Waals surface area contributed by atoms with Crippen LogP contribution in [0.4, 0.5) is 0 Å². The van der Waals surface area contributed by atoms with E-state index in [1.54, 1.807) is 12.1 Å². The average Bonchev–Trinajstić information content (AvgIpc) is 2.35. The van der Waals surface area contributed by atoms with Crippen molar-refractivity contribution in [2.75, 3.05) is 13.4 Å². The van der Waals surface area contributed by atoms with E-state index in [1.165, 1.54) is 17.8 Å². The summed E-state index contributed by atoms with van der Waals surface area (Å²) in [5.41, 5.74) is 0.303. The minimum Gasteiger partial charge on any atom is -0.477 e. The lowest BCUT2D eigenvalue weighted by atomic mass is 10.1. The highest BCUT2D eigenvalue weighted by Crippen LogP contribution is 2.22. The summed E-state index contributed by atoms with van der Waals surface area (Å²) < 4.78 is 4.42. The molecule has 17 heavy (non-hydrogen) atoms. The summed E-state index contributed by atoms with van der Waals surface area (Å²) in [6.45, 7) is 0. The number of carboxylic acid groups (broad SMARTS) is 1. The average molecular weight is 252 g/mol. The number of carbonyl (C=O) groups excluding carboxylic acids is 1. The predicted octanol–water partition coefficient (Wildman–Crippen LogP) is 2.05. The lowest BCUT2D eigenvalue weighted by molar-refractivity contribution is -0.142. The quantitative estimate of drug-likeness (QED) is 0.292. The first-order valence-electron chi connectivity index (χ1n) is 4.76. The fraction of sp³-hybridized carbons (Fsp3) is 0.167. The van der Waals surface area contributed by atoms with E-state index in [4.69, 9.17) is 5.11 Å². The van der Waals surface area contributed by atoms with Crippen LogP contribution in [-0.2, 0) is 14.3 Å². The second-order valence-electron chi connectivity index (χ2n) is 3.10. The molecule has 1 aromatic carbocycles. The van der Waals surface area contributed by atoms with Gasteiger partial charge in [0.15, 0.2) is 0 Å². The summed E-state index contributed by atoms with van der Waals surface area (Å²) in [5, 5.41) is 8.92. The maximum absolute atomic E-state index is 11.3. The van der Waals surface area contributed by atoms with Crippen LogP contribution in [0.5, 0.6) is 0 Å². The maximum Gasteiger partial charge on any atom is 0.345 e. The maximum atomic E-state index is 11.3. The highest BCUT2D eigenvalue weighted by atomic mass is 32.2. The van der Waals surface area contributed by atoms with Crippen molar-refractivity contribution < 1.29 is 19.4 Å². The van der Waals surface area contributed by atoms with Crippen LogP contribution in [-0.4, -0.2) is 30.4 Å². The molecule has 1 rings (SSSR count). The third-order valence-electron chi connectivity index (χ3n) is 2.07. The molecule has 4 nitrogen and oxygen atoms in total. The first-order valence-corrected chi connectivity index (χ1v) is 5.99. The van der Waals surface area contributed by atoms with Crippen LogP contribution in [0.25, 0.3) is 6.08 Å². The first-order chi connectivity index (χ1) is 8.10. The number of carboxylic acids is 1. The van der Waals surface area contributed by atoms with Crippen molar-refractivity contribution in [3.8, 4) is 0 Å². The van der Waals surface area contributed by atoms with E-state index in [-0.39, 0.29) is 5.57 Å². The van der Waals surface area contributed by atoms with Crippen LogP contribution in [0, 0.1) is 0 Å². The Morgan fingerprint density at radius 2 is 2.00 bits per heavy atom. The SMILES string of the molecule is COC(=O)/C(=C\c1ccccc1SC)C(=O)O. The van der Waals surface area contributed by atoms with Gasteiger partial charge in [0.2, 0.25) is 0 Å². The van der Waals surface area contributed by atoms with E-state index in [0.29, 0.717) is 5.56 Å². The second kappa shape index (κ2) is 6.10. The molecular formula is C12H12O4S. The smallest absolute Gasteiger partial charge is 0.345 e. The van der Waals surface area contributed by atoms with Gasteiger partial charge in [0.05, 0.1) is 7.11 Å². The number of ether oxygens (including phenoxy) is 1. The van der Waals surface area contributed by atoms with Crippen LogP contribution in [0.15, 0.2) is 34.7 Å². The van der Waals surface area contributed by atoms with Gasteiger partial charge in [-0.05, 0) is 24.0 Å². The van der Waals surface area contributed by atoms with E-state index < -0.39 is 11.9 Å². The van der Waals surface area contributed by atoms with Gasteiger partial charge < -0.3 is 9.84 Å². The molecular weight excluding hydrogens is 240 g/mol. The lowest BCUT2D eigenvalue weighted by Gasteiger charge is -2.04. The van der Waals surface area contributed by atoms with E-state index >= 15 is 0 Å². The molecule has 1 N–H and O–H groups in total. The van der Waals surface area contributed by atoms with Crippen molar-refractivity contribution >= 4 is 29.8 Å². The number of hydrogen-bond donors (Lipinski definition) is 1. The molecule has 0 atom stereocenters. The van der Waals surface area contributed by atoms with Crippen LogP contribution < -0.4 is 0 Å². The van der Waals surface area contributed by atoms with Gasteiger partial charge in [-0.1, -0.05) is 18.2 Å². The van der Waals surface area contributed by atoms with Gasteiger partial charge in [-0.15, -0.1) is 11.8 Å². The second-order valence-corrected chi connectivity index (χ2v) is 3.94. The van der Waals surface area contributed by atoms with E-state index in [1.807, 2.05) is 18.4 Å². The molecule has 90 valence electrons. The fourth-order valence-electron chi connectivity index (χ4n) is 1.26. The molecule has 0 aliphatic rings. The third kappa shape index (κ3) is 3.35. The van der Waals surface area contributed by atoms with Gasteiger partial charge in [-0.2, -0.15) is 0 Å². The summed E-state index contributed by atoms with van der Waals surface area (Å²) in [4.78, 5) is 23.1. The first kappa shape index (κ1) is 13.3. The zero-order valence-electron chi connectivity index (χ0n) is 9.47. The number of aliphatic carboxylic acids is 1. The van der Waals surface area contributed by atoms with Crippen molar-refractivity contribution in [1.82, 2.24) is 0 Å². The molecule has 0 saturated heterocycles. The van der Waals surface area contributed by atoms with Gasteiger partial charge in [0.25, 0.3) is 0 Å². The molecule has 0 amide bonds. The van der Waals surface area contributed by atoms with Gasteiger partial charge >= 0.3 is 11.9 Å². The summed E-state index contributed by atoms with van der Waals surface area (Å²) in [7, 11) is 1.15. The minimum absolute atomic E-state index is 0.381. The van der Waals surface area contributed by atoms with Crippen LogP contribution >= 0.6 is 11.8 Å². The van der Waals surface area contributed by atoms with E-state index in [0.717, 1.165) is 12.0 Å². The lowest BCUT2D eigenvalue weighted by Crippen LogP contribution is -2.13. The summed E-state index contributed by atoms with van der Waals surface area (Å²) in [5.74, 6) is -2.15. The van der Waals surface area contributed by atoms with Crippen LogP contribution in [0.1, 0.15) is 5.56 Å². The Kier molecular flexibility index (Phi) is 4.78. The van der Waals surface area contributed by atoms with Gasteiger partial charge in [-0.3, -0.25) is 0 Å². The monoisotopic (exact) mass is 252 g/mol. The van der Waals surface area contributed by atoms with Crippen molar-refractivity contribution in [3.05, 3.63) is 35.4 Å². The molecule has 0 unspecified atom stereocenters. The Morgan fingerprint density at radius 1 is 1.35 bits per heavy atom. The molecule has 5 heteroatoms. The largest absolute Gasteiger partial charge is 0.477 e. The molecule has 0 saturated carbocycles.